The van der Waals surface area contributed by atoms with E-state index in [9.17, 15) is 4.79 Å². The molecule has 106 valence electrons. The van der Waals surface area contributed by atoms with Gasteiger partial charge in [0.25, 0.3) is 5.91 Å². The molecule has 0 heterocycles. The Morgan fingerprint density at radius 1 is 1.47 bits per heavy atom. The second kappa shape index (κ2) is 7.36. The molecule has 1 aromatic rings. The van der Waals surface area contributed by atoms with Crippen LogP contribution in [0.3, 0.4) is 0 Å². The number of benzene rings is 1. The van der Waals surface area contributed by atoms with E-state index in [0.717, 1.165) is 5.56 Å². The van der Waals surface area contributed by atoms with E-state index in [1.807, 2.05) is 26.0 Å². The van der Waals surface area contributed by atoms with E-state index < -0.39 is 0 Å². The minimum atomic E-state index is -0.0754. The summed E-state index contributed by atoms with van der Waals surface area (Å²) in [5, 5.41) is 0.506. The molecule has 2 N–H and O–H groups in total. The number of likely N-dealkylation sites (N-methyl/N-ethyl adjacent to an activating group) is 1. The van der Waals surface area contributed by atoms with Gasteiger partial charge in [-0.3, -0.25) is 4.79 Å². The van der Waals surface area contributed by atoms with Crippen LogP contribution >= 0.6 is 11.6 Å². The van der Waals surface area contributed by atoms with Gasteiger partial charge >= 0.3 is 0 Å². The van der Waals surface area contributed by atoms with Crippen molar-refractivity contribution in [3.63, 3.8) is 0 Å². The molecule has 0 fully saturated rings. The van der Waals surface area contributed by atoms with Gasteiger partial charge in [0.15, 0.2) is 6.61 Å². The average Bonchev–Trinajstić information content (AvgIpc) is 2.37. The fourth-order valence-corrected chi connectivity index (χ4v) is 1.84. The molecule has 1 amide bonds. The molecule has 19 heavy (non-hydrogen) atoms. The number of para-hydroxylation sites is 1. The van der Waals surface area contributed by atoms with Crippen LogP contribution in [0.1, 0.15) is 19.4 Å². The van der Waals surface area contributed by atoms with Gasteiger partial charge in [-0.05, 0) is 38.4 Å². The van der Waals surface area contributed by atoms with Gasteiger partial charge in [-0.25, -0.2) is 0 Å². The Morgan fingerprint density at radius 3 is 2.74 bits per heavy atom. The fourth-order valence-electron chi connectivity index (χ4n) is 1.59. The number of nitrogens with two attached hydrogens (primary N) is 1. The third kappa shape index (κ3) is 4.40. The molecule has 1 rings (SSSR count). The van der Waals surface area contributed by atoms with E-state index in [0.29, 0.717) is 23.7 Å². The number of nitrogens with zero attached hydrogens (tertiary/aromatic N) is 1. The summed E-state index contributed by atoms with van der Waals surface area (Å²) in [7, 11) is 1.75. The highest BCUT2D eigenvalue weighted by Crippen LogP contribution is 2.28. The summed E-state index contributed by atoms with van der Waals surface area (Å²) in [5.41, 5.74) is 6.48. The summed E-state index contributed by atoms with van der Waals surface area (Å²) >= 11 is 6.10. The highest BCUT2D eigenvalue weighted by Gasteiger charge is 2.15. The van der Waals surface area contributed by atoms with Gasteiger partial charge in [-0.2, -0.15) is 0 Å². The third-order valence-corrected chi connectivity index (χ3v) is 3.27. The molecule has 0 aliphatic rings. The van der Waals surface area contributed by atoms with Crippen LogP contribution in [0.25, 0.3) is 0 Å². The summed E-state index contributed by atoms with van der Waals surface area (Å²) in [5.74, 6) is 0.480. The van der Waals surface area contributed by atoms with Crippen LogP contribution in [0, 0.1) is 0 Å². The number of halogens is 1. The van der Waals surface area contributed by atoms with E-state index in [2.05, 4.69) is 0 Å². The maximum Gasteiger partial charge on any atom is 0.260 e. The molecule has 0 radical (unpaired) electrons. The fraction of sp³-hybridized carbons (Fsp3) is 0.500. The third-order valence-electron chi connectivity index (χ3n) is 2.97. The van der Waals surface area contributed by atoms with Crippen LogP contribution in [0.5, 0.6) is 5.75 Å². The molecular formula is C14H21ClN2O2. The van der Waals surface area contributed by atoms with Crippen molar-refractivity contribution < 1.29 is 9.53 Å². The monoisotopic (exact) mass is 284 g/mol. The largest absolute Gasteiger partial charge is 0.482 e. The molecule has 0 saturated carbocycles. The van der Waals surface area contributed by atoms with Gasteiger partial charge in [0.05, 0.1) is 5.02 Å². The Hall–Kier alpha value is -1.26. The number of carbonyl (C=O) groups excluding carboxylic acids is 1. The summed E-state index contributed by atoms with van der Waals surface area (Å²) in [6, 6.07) is 5.64. The maximum absolute atomic E-state index is 11.9. The van der Waals surface area contributed by atoms with Crippen molar-refractivity contribution in [1.82, 2.24) is 4.90 Å². The van der Waals surface area contributed by atoms with Crippen LogP contribution in [0.15, 0.2) is 18.2 Å². The second-order valence-corrected chi connectivity index (χ2v) is 5.06. The molecule has 0 aromatic heterocycles. The Bertz CT molecular complexity index is 435. The first-order valence-electron chi connectivity index (χ1n) is 6.33. The molecule has 0 aliphatic heterocycles. The van der Waals surface area contributed by atoms with Crippen molar-refractivity contribution in [2.24, 2.45) is 5.73 Å². The Kier molecular flexibility index (Phi) is 6.12. The van der Waals surface area contributed by atoms with Crippen LogP contribution in [0.2, 0.25) is 5.02 Å². The molecule has 5 heteroatoms. The molecule has 4 nitrogen and oxygen atoms in total. The second-order valence-electron chi connectivity index (χ2n) is 4.65. The normalized spacial score (nSPS) is 10.6. The van der Waals surface area contributed by atoms with E-state index in [1.165, 1.54) is 0 Å². The van der Waals surface area contributed by atoms with Crippen LogP contribution < -0.4 is 10.5 Å². The summed E-state index contributed by atoms with van der Waals surface area (Å²) < 4.78 is 5.57. The molecular weight excluding hydrogens is 264 g/mol. The number of ether oxygens (including phenoxy) is 1. The van der Waals surface area contributed by atoms with Crippen molar-refractivity contribution >= 4 is 17.5 Å². The van der Waals surface area contributed by atoms with E-state index in [1.54, 1.807) is 18.0 Å². The number of hydrogen-bond donors (Lipinski definition) is 1. The maximum atomic E-state index is 11.9. The molecule has 0 bridgehead atoms. The standard InChI is InChI=1S/C14H21ClN2O2/c1-10(2)17(3)13(18)9-19-14-11(7-8-16)5-4-6-12(14)15/h4-6,10H,7-9,16H2,1-3H3. The summed E-state index contributed by atoms with van der Waals surface area (Å²) in [6.45, 7) is 4.40. The van der Waals surface area contributed by atoms with Gasteiger partial charge in [0.1, 0.15) is 5.75 Å². The van der Waals surface area contributed by atoms with E-state index in [4.69, 9.17) is 22.1 Å². The summed E-state index contributed by atoms with van der Waals surface area (Å²) in [6.07, 6.45) is 0.671. The van der Waals surface area contributed by atoms with Gasteiger partial charge in [-0.1, -0.05) is 23.7 Å². The van der Waals surface area contributed by atoms with Crippen LogP contribution in [-0.4, -0.2) is 37.0 Å². The van der Waals surface area contributed by atoms with Crippen LogP contribution in [0.4, 0.5) is 0 Å². The lowest BCUT2D eigenvalue weighted by Gasteiger charge is -2.22. The zero-order valence-electron chi connectivity index (χ0n) is 11.6. The molecule has 0 saturated heterocycles. The predicted octanol–water partition coefficient (Wildman–Crippen LogP) is 2.09. The van der Waals surface area contributed by atoms with E-state index in [-0.39, 0.29) is 18.6 Å². The Balaban J connectivity index is 2.74. The average molecular weight is 285 g/mol. The van der Waals surface area contributed by atoms with Crippen molar-refractivity contribution in [3.05, 3.63) is 28.8 Å². The molecule has 1 aromatic carbocycles. The molecule has 0 aliphatic carbocycles. The first-order chi connectivity index (χ1) is 8.97. The van der Waals surface area contributed by atoms with Gasteiger partial charge in [-0.15, -0.1) is 0 Å². The lowest BCUT2D eigenvalue weighted by atomic mass is 10.1. The Labute approximate surface area is 119 Å². The number of rotatable bonds is 6. The SMILES string of the molecule is CC(C)N(C)C(=O)COc1c(Cl)cccc1CCN. The predicted molar refractivity (Wildman–Crippen MR) is 77.6 cm³/mol. The minimum Gasteiger partial charge on any atom is -0.482 e. The Morgan fingerprint density at radius 2 is 2.16 bits per heavy atom. The van der Waals surface area contributed by atoms with Gasteiger partial charge in [0.2, 0.25) is 0 Å². The smallest absolute Gasteiger partial charge is 0.260 e. The number of carbonyl (C=O) groups is 1. The van der Waals surface area contributed by atoms with Gasteiger partial charge < -0.3 is 15.4 Å². The zero-order chi connectivity index (χ0) is 14.4. The lowest BCUT2D eigenvalue weighted by Crippen LogP contribution is -2.36. The molecule has 0 spiro atoms. The highest BCUT2D eigenvalue weighted by molar-refractivity contribution is 6.32. The number of amides is 1. The van der Waals surface area contributed by atoms with Crippen molar-refractivity contribution in [1.29, 1.82) is 0 Å². The zero-order valence-corrected chi connectivity index (χ0v) is 12.4. The van der Waals surface area contributed by atoms with Crippen molar-refractivity contribution in [2.45, 2.75) is 26.3 Å². The first-order valence-corrected chi connectivity index (χ1v) is 6.71. The quantitative estimate of drug-likeness (QED) is 0.870. The highest BCUT2D eigenvalue weighted by atomic mass is 35.5. The van der Waals surface area contributed by atoms with Gasteiger partial charge in [0, 0.05) is 13.1 Å². The number of hydrogen-bond acceptors (Lipinski definition) is 3. The topological polar surface area (TPSA) is 55.6 Å². The molecule has 0 unspecified atom stereocenters. The van der Waals surface area contributed by atoms with Crippen molar-refractivity contribution in [3.8, 4) is 5.75 Å². The minimum absolute atomic E-state index is 0.0179. The lowest BCUT2D eigenvalue weighted by molar-refractivity contribution is -0.133. The van der Waals surface area contributed by atoms with E-state index >= 15 is 0 Å². The van der Waals surface area contributed by atoms with Crippen molar-refractivity contribution in [2.75, 3.05) is 20.2 Å². The first kappa shape index (κ1) is 15.8. The van der Waals surface area contributed by atoms with Crippen LogP contribution in [-0.2, 0) is 11.2 Å². The molecule has 0 atom stereocenters. The summed E-state index contributed by atoms with van der Waals surface area (Å²) in [4.78, 5) is 13.5.